The zero-order valence-electron chi connectivity index (χ0n) is 7.06. The Morgan fingerprint density at radius 3 is 2.85 bits per heavy atom. The van der Waals surface area contributed by atoms with Crippen molar-refractivity contribution in [2.24, 2.45) is 0 Å². The molecule has 1 aromatic rings. The van der Waals surface area contributed by atoms with Crippen LogP contribution >= 0.6 is 0 Å². The molecule has 0 amide bonds. The van der Waals surface area contributed by atoms with Crippen LogP contribution in [0.4, 0.5) is 4.79 Å². The van der Waals surface area contributed by atoms with Crippen molar-refractivity contribution in [1.82, 2.24) is 4.57 Å². The maximum atomic E-state index is 11.1. The fraction of sp³-hybridized carbons (Fsp3) is 0.250. The molecule has 1 heterocycles. The molecule has 0 saturated heterocycles. The van der Waals surface area contributed by atoms with Crippen molar-refractivity contribution in [3.8, 4) is 0 Å². The van der Waals surface area contributed by atoms with Crippen LogP contribution in [0, 0.1) is 0 Å². The second-order valence-corrected chi connectivity index (χ2v) is 2.27. The van der Waals surface area contributed by atoms with Gasteiger partial charge in [-0.3, -0.25) is 0 Å². The van der Waals surface area contributed by atoms with Gasteiger partial charge in [-0.05, 0) is 19.1 Å². The topological polar surface area (TPSA) is 68.5 Å². The maximum absolute atomic E-state index is 11.1. The van der Waals surface area contributed by atoms with E-state index in [0.717, 1.165) is 4.57 Å². The summed E-state index contributed by atoms with van der Waals surface area (Å²) in [6.07, 6.45) is 0.673. The Balaban J connectivity index is 2.93. The van der Waals surface area contributed by atoms with Crippen molar-refractivity contribution in [1.29, 1.82) is 0 Å². The maximum Gasteiger partial charge on any atom is 0.418 e. The quantitative estimate of drug-likeness (QED) is 0.747. The number of hydrogen-bond acceptors (Lipinski definition) is 3. The Kier molecular flexibility index (Phi) is 2.69. The van der Waals surface area contributed by atoms with Gasteiger partial charge in [0.1, 0.15) is 5.69 Å². The van der Waals surface area contributed by atoms with Gasteiger partial charge in [-0.15, -0.1) is 0 Å². The lowest BCUT2D eigenvalue weighted by molar-refractivity contribution is 0.0681. The molecule has 0 aliphatic carbocycles. The Morgan fingerprint density at radius 2 is 2.31 bits per heavy atom. The molecule has 0 aliphatic heterocycles. The summed E-state index contributed by atoms with van der Waals surface area (Å²) in [6.45, 7) is 1.87. The fourth-order valence-electron chi connectivity index (χ4n) is 0.907. The number of aromatic carboxylic acids is 1. The number of carbonyl (C=O) groups is 2. The Morgan fingerprint density at radius 1 is 1.62 bits per heavy atom. The third-order valence-corrected chi connectivity index (χ3v) is 1.43. The number of ether oxygens (including phenoxy) is 1. The van der Waals surface area contributed by atoms with Gasteiger partial charge < -0.3 is 9.84 Å². The van der Waals surface area contributed by atoms with E-state index in [9.17, 15) is 9.59 Å². The molecule has 1 aromatic heterocycles. The first-order valence-corrected chi connectivity index (χ1v) is 3.74. The van der Waals surface area contributed by atoms with Crippen molar-refractivity contribution in [3.63, 3.8) is 0 Å². The lowest BCUT2D eigenvalue weighted by Gasteiger charge is -2.03. The smallest absolute Gasteiger partial charge is 0.418 e. The highest BCUT2D eigenvalue weighted by Gasteiger charge is 2.14. The lowest BCUT2D eigenvalue weighted by Crippen LogP contribution is -2.17. The Bertz CT molecular complexity index is 329. The van der Waals surface area contributed by atoms with Crippen molar-refractivity contribution in [2.45, 2.75) is 6.92 Å². The van der Waals surface area contributed by atoms with Gasteiger partial charge in [0.25, 0.3) is 0 Å². The van der Waals surface area contributed by atoms with Crippen LogP contribution in [0.2, 0.25) is 0 Å². The van der Waals surface area contributed by atoms with Gasteiger partial charge in [0, 0.05) is 6.20 Å². The van der Waals surface area contributed by atoms with Crippen molar-refractivity contribution >= 4 is 12.1 Å². The molecule has 13 heavy (non-hydrogen) atoms. The van der Waals surface area contributed by atoms with Gasteiger partial charge in [-0.2, -0.15) is 0 Å². The molecule has 0 radical (unpaired) electrons. The highest BCUT2D eigenvalue weighted by Crippen LogP contribution is 2.02. The molecule has 0 aliphatic rings. The van der Waals surface area contributed by atoms with Crippen LogP contribution in [0.25, 0.3) is 0 Å². The van der Waals surface area contributed by atoms with E-state index in [1.165, 1.54) is 18.3 Å². The van der Waals surface area contributed by atoms with E-state index in [1.54, 1.807) is 6.92 Å². The second kappa shape index (κ2) is 3.75. The number of aromatic nitrogens is 1. The van der Waals surface area contributed by atoms with E-state index in [-0.39, 0.29) is 12.3 Å². The van der Waals surface area contributed by atoms with Crippen LogP contribution in [-0.2, 0) is 4.74 Å². The summed E-state index contributed by atoms with van der Waals surface area (Å²) in [7, 11) is 0. The molecule has 0 fully saturated rings. The van der Waals surface area contributed by atoms with Gasteiger partial charge in [-0.1, -0.05) is 0 Å². The first kappa shape index (κ1) is 9.31. The van der Waals surface area contributed by atoms with Gasteiger partial charge >= 0.3 is 12.1 Å². The van der Waals surface area contributed by atoms with Crippen molar-refractivity contribution in [3.05, 3.63) is 24.0 Å². The van der Waals surface area contributed by atoms with E-state index >= 15 is 0 Å². The minimum atomic E-state index is -1.15. The summed E-state index contributed by atoms with van der Waals surface area (Å²) in [5, 5.41) is 8.64. The molecule has 0 spiro atoms. The molecule has 0 saturated carbocycles. The normalized spacial score (nSPS) is 9.62. The third-order valence-electron chi connectivity index (χ3n) is 1.43. The average Bonchev–Trinajstić information content (AvgIpc) is 2.52. The molecule has 0 unspecified atom stereocenters. The van der Waals surface area contributed by atoms with E-state index in [2.05, 4.69) is 4.74 Å². The lowest BCUT2D eigenvalue weighted by atomic mass is 10.4. The first-order valence-electron chi connectivity index (χ1n) is 3.74. The van der Waals surface area contributed by atoms with Crippen LogP contribution in [0.1, 0.15) is 17.4 Å². The number of carbonyl (C=O) groups excluding carboxylic acids is 1. The molecular formula is C8H9NO4. The van der Waals surface area contributed by atoms with Crippen molar-refractivity contribution < 1.29 is 19.4 Å². The number of carboxylic acid groups (broad SMARTS) is 1. The number of nitrogens with zero attached hydrogens (tertiary/aromatic N) is 1. The number of carboxylic acids is 1. The van der Waals surface area contributed by atoms with Gasteiger partial charge in [0.15, 0.2) is 0 Å². The average molecular weight is 183 g/mol. The van der Waals surface area contributed by atoms with E-state index in [0.29, 0.717) is 0 Å². The predicted molar refractivity (Wildman–Crippen MR) is 43.8 cm³/mol. The summed E-state index contributed by atoms with van der Waals surface area (Å²) < 4.78 is 5.59. The summed E-state index contributed by atoms with van der Waals surface area (Å²) >= 11 is 0. The van der Waals surface area contributed by atoms with Crippen molar-refractivity contribution in [2.75, 3.05) is 6.61 Å². The fourth-order valence-corrected chi connectivity index (χ4v) is 0.907. The Hall–Kier alpha value is -1.78. The third kappa shape index (κ3) is 1.87. The molecule has 0 aromatic carbocycles. The molecule has 1 rings (SSSR count). The minimum absolute atomic E-state index is 0.0987. The van der Waals surface area contributed by atoms with Gasteiger partial charge in [0.05, 0.1) is 6.61 Å². The summed E-state index contributed by atoms with van der Waals surface area (Å²) in [4.78, 5) is 21.7. The van der Waals surface area contributed by atoms with E-state index in [4.69, 9.17) is 5.11 Å². The monoisotopic (exact) mass is 183 g/mol. The zero-order valence-corrected chi connectivity index (χ0v) is 7.06. The number of hydrogen-bond donors (Lipinski definition) is 1. The highest BCUT2D eigenvalue weighted by molar-refractivity contribution is 5.90. The van der Waals surface area contributed by atoms with Crippen LogP contribution in [-0.4, -0.2) is 28.3 Å². The SMILES string of the molecule is CCOC(=O)n1cccc1C(=O)O. The second-order valence-electron chi connectivity index (χ2n) is 2.27. The number of rotatable bonds is 2. The molecule has 0 atom stereocenters. The van der Waals surface area contributed by atoms with Crippen LogP contribution < -0.4 is 0 Å². The van der Waals surface area contributed by atoms with Gasteiger partial charge in [0.2, 0.25) is 0 Å². The molecular weight excluding hydrogens is 174 g/mol. The highest BCUT2D eigenvalue weighted by atomic mass is 16.5. The van der Waals surface area contributed by atoms with Crippen LogP contribution in [0.15, 0.2) is 18.3 Å². The van der Waals surface area contributed by atoms with E-state index in [1.807, 2.05) is 0 Å². The first-order chi connectivity index (χ1) is 6.16. The van der Waals surface area contributed by atoms with Gasteiger partial charge in [-0.25, -0.2) is 14.2 Å². The largest absolute Gasteiger partial charge is 0.477 e. The summed E-state index contributed by atoms with van der Waals surface area (Å²) in [5.74, 6) is -1.15. The predicted octanol–water partition coefficient (Wildman–Crippen LogP) is 1.19. The van der Waals surface area contributed by atoms with Crippen LogP contribution in [0.5, 0.6) is 0 Å². The molecule has 0 bridgehead atoms. The molecule has 70 valence electrons. The zero-order chi connectivity index (χ0) is 9.84. The summed E-state index contributed by atoms with van der Waals surface area (Å²) in [6, 6.07) is 2.81. The Labute approximate surface area is 74.5 Å². The van der Waals surface area contributed by atoms with E-state index < -0.39 is 12.1 Å². The molecule has 5 heteroatoms. The molecule has 5 nitrogen and oxygen atoms in total. The summed E-state index contributed by atoms with van der Waals surface area (Å²) in [5.41, 5.74) is -0.0987. The standard InChI is InChI=1S/C8H9NO4/c1-2-13-8(12)9-5-3-4-6(9)7(10)11/h3-5H,2H2,1H3,(H,10,11). The minimum Gasteiger partial charge on any atom is -0.477 e. The molecule has 1 N–H and O–H groups in total. The van der Waals surface area contributed by atoms with Crippen LogP contribution in [0.3, 0.4) is 0 Å².